The van der Waals surface area contributed by atoms with Gasteiger partial charge in [0.2, 0.25) is 5.91 Å². The second-order valence-electron chi connectivity index (χ2n) is 5.53. The summed E-state index contributed by atoms with van der Waals surface area (Å²) in [4.78, 5) is 17.5. The van der Waals surface area contributed by atoms with Crippen LogP contribution in [-0.2, 0) is 11.2 Å². The number of carbonyl (C=O) groups excluding carboxylic acids is 1. The maximum absolute atomic E-state index is 12.1. The third-order valence-electron chi connectivity index (χ3n) is 3.76. The third kappa shape index (κ3) is 3.74. The van der Waals surface area contributed by atoms with E-state index in [0.717, 1.165) is 35.2 Å². The fourth-order valence-electron chi connectivity index (χ4n) is 2.57. The van der Waals surface area contributed by atoms with E-state index in [1.54, 1.807) is 11.3 Å². The van der Waals surface area contributed by atoms with Gasteiger partial charge in [0, 0.05) is 22.0 Å². The molecule has 1 saturated heterocycles. The van der Waals surface area contributed by atoms with Crippen molar-refractivity contribution in [1.29, 1.82) is 0 Å². The van der Waals surface area contributed by atoms with Crippen molar-refractivity contribution in [2.24, 2.45) is 0 Å². The number of carbonyl (C=O) groups is 1. The number of hydrogen-bond donors (Lipinski definition) is 2. The van der Waals surface area contributed by atoms with Crippen LogP contribution in [0.5, 0.6) is 0 Å². The molecule has 1 atom stereocenters. The monoisotopic (exact) mass is 379 g/mol. The van der Waals surface area contributed by atoms with Gasteiger partial charge in [-0.15, -0.1) is 11.3 Å². The van der Waals surface area contributed by atoms with Crippen LogP contribution in [0.2, 0.25) is 0 Å². The number of halogens is 1. The highest BCUT2D eigenvalue weighted by molar-refractivity contribution is 9.10. The first-order chi connectivity index (χ1) is 10.6. The fraction of sp³-hybridized carbons (Fsp3) is 0.375. The lowest BCUT2D eigenvalue weighted by Gasteiger charge is -2.08. The van der Waals surface area contributed by atoms with Gasteiger partial charge in [-0.05, 0) is 43.5 Å². The predicted molar refractivity (Wildman–Crippen MR) is 93.5 cm³/mol. The molecule has 0 spiro atoms. The van der Waals surface area contributed by atoms with Crippen molar-refractivity contribution in [2.75, 3.05) is 11.9 Å². The molecule has 1 fully saturated rings. The predicted octanol–water partition coefficient (Wildman–Crippen LogP) is 3.50. The molecule has 1 amide bonds. The van der Waals surface area contributed by atoms with E-state index in [1.807, 2.05) is 6.20 Å². The van der Waals surface area contributed by atoms with E-state index < -0.39 is 0 Å². The number of thiazole rings is 1. The summed E-state index contributed by atoms with van der Waals surface area (Å²) in [6.45, 7) is 3.00. The number of nitrogens with one attached hydrogen (secondary N) is 2. The van der Waals surface area contributed by atoms with Crippen LogP contribution < -0.4 is 10.6 Å². The zero-order valence-corrected chi connectivity index (χ0v) is 14.8. The van der Waals surface area contributed by atoms with E-state index in [9.17, 15) is 4.79 Å². The van der Waals surface area contributed by atoms with Gasteiger partial charge < -0.3 is 10.6 Å². The number of aryl methyl sites for hydroxylation is 1. The van der Waals surface area contributed by atoms with Gasteiger partial charge in [-0.25, -0.2) is 4.98 Å². The van der Waals surface area contributed by atoms with Crippen molar-refractivity contribution in [3.63, 3.8) is 0 Å². The summed E-state index contributed by atoms with van der Waals surface area (Å²) in [5, 5.41) is 6.79. The molecule has 1 aliphatic rings. The molecule has 2 aromatic rings. The first-order valence-corrected chi connectivity index (χ1v) is 8.97. The highest BCUT2D eigenvalue weighted by Gasteiger charge is 2.22. The molecule has 2 heterocycles. The van der Waals surface area contributed by atoms with Crippen LogP contribution in [0.25, 0.3) is 0 Å². The van der Waals surface area contributed by atoms with Crippen LogP contribution >= 0.6 is 27.3 Å². The topological polar surface area (TPSA) is 54.0 Å². The van der Waals surface area contributed by atoms with Crippen molar-refractivity contribution in [3.8, 4) is 0 Å². The third-order valence-corrected chi connectivity index (χ3v) is 5.56. The smallest absolute Gasteiger partial charge is 0.243 e. The summed E-state index contributed by atoms with van der Waals surface area (Å²) in [5.74, 6) is 0.0258. The largest absolute Gasteiger partial charge is 0.306 e. The van der Waals surface area contributed by atoms with Crippen molar-refractivity contribution in [2.45, 2.75) is 32.2 Å². The van der Waals surface area contributed by atoms with Crippen molar-refractivity contribution < 1.29 is 4.79 Å². The Morgan fingerprint density at radius 1 is 1.55 bits per heavy atom. The molecule has 1 aromatic carbocycles. The molecule has 1 aliphatic heterocycles. The molecule has 1 unspecified atom stereocenters. The highest BCUT2D eigenvalue weighted by Crippen LogP contribution is 2.24. The zero-order valence-electron chi connectivity index (χ0n) is 12.4. The Hall–Kier alpha value is -1.24. The van der Waals surface area contributed by atoms with E-state index >= 15 is 0 Å². The molecular weight excluding hydrogens is 362 g/mol. The Labute approximate surface area is 142 Å². The second-order valence-corrected chi connectivity index (χ2v) is 7.50. The summed E-state index contributed by atoms with van der Waals surface area (Å²) in [5.41, 5.74) is 2.47. The first kappa shape index (κ1) is 15.6. The summed E-state index contributed by atoms with van der Waals surface area (Å²) in [6, 6.07) is 6.28. The molecule has 22 heavy (non-hydrogen) atoms. The van der Waals surface area contributed by atoms with Gasteiger partial charge in [-0.2, -0.15) is 0 Å². The standard InChI is InChI=1S/C16H18BrN3OS/c1-10-7-11(4-5-13(10)17)8-12-9-19-16(22-12)20-15(21)14-3-2-6-18-14/h4-5,7,9,14,18H,2-3,6,8H2,1H3,(H,19,20,21). The van der Waals surface area contributed by atoms with Gasteiger partial charge in [0.1, 0.15) is 0 Å². The Morgan fingerprint density at radius 2 is 2.41 bits per heavy atom. The molecule has 4 nitrogen and oxygen atoms in total. The number of benzene rings is 1. The van der Waals surface area contributed by atoms with Crippen LogP contribution in [-0.4, -0.2) is 23.5 Å². The molecule has 3 rings (SSSR count). The number of rotatable bonds is 4. The maximum Gasteiger partial charge on any atom is 0.243 e. The number of nitrogens with zero attached hydrogens (tertiary/aromatic N) is 1. The van der Waals surface area contributed by atoms with E-state index in [2.05, 4.69) is 56.7 Å². The van der Waals surface area contributed by atoms with E-state index in [4.69, 9.17) is 0 Å². The van der Waals surface area contributed by atoms with Crippen LogP contribution in [0.4, 0.5) is 5.13 Å². The van der Waals surface area contributed by atoms with Crippen LogP contribution in [0.15, 0.2) is 28.9 Å². The quantitative estimate of drug-likeness (QED) is 0.854. The Morgan fingerprint density at radius 3 is 3.14 bits per heavy atom. The van der Waals surface area contributed by atoms with Gasteiger partial charge in [-0.3, -0.25) is 4.79 Å². The average molecular weight is 380 g/mol. The number of amides is 1. The van der Waals surface area contributed by atoms with Crippen molar-refractivity contribution in [1.82, 2.24) is 10.3 Å². The SMILES string of the molecule is Cc1cc(Cc2cnc(NC(=O)C3CCCN3)s2)ccc1Br. The number of hydrogen-bond acceptors (Lipinski definition) is 4. The molecule has 0 bridgehead atoms. The van der Waals surface area contributed by atoms with Gasteiger partial charge in [-0.1, -0.05) is 28.1 Å². The van der Waals surface area contributed by atoms with E-state index in [-0.39, 0.29) is 11.9 Å². The normalized spacial score (nSPS) is 17.6. The Balaban J connectivity index is 1.63. The summed E-state index contributed by atoms with van der Waals surface area (Å²) in [6.07, 6.45) is 4.65. The van der Waals surface area contributed by atoms with Gasteiger partial charge in [0.25, 0.3) is 0 Å². The zero-order chi connectivity index (χ0) is 15.5. The van der Waals surface area contributed by atoms with Crippen molar-refractivity contribution in [3.05, 3.63) is 44.9 Å². The number of anilines is 1. The lowest BCUT2D eigenvalue weighted by molar-refractivity contribution is -0.117. The Kier molecular flexibility index (Phi) is 4.90. The van der Waals surface area contributed by atoms with Gasteiger partial charge in [0.05, 0.1) is 6.04 Å². The van der Waals surface area contributed by atoms with Crippen molar-refractivity contribution >= 4 is 38.3 Å². The summed E-state index contributed by atoms with van der Waals surface area (Å²) in [7, 11) is 0. The lowest BCUT2D eigenvalue weighted by atomic mass is 10.1. The molecule has 2 N–H and O–H groups in total. The maximum atomic E-state index is 12.1. The van der Waals surface area contributed by atoms with Crippen LogP contribution in [0.1, 0.15) is 28.8 Å². The molecular formula is C16H18BrN3OS. The van der Waals surface area contributed by atoms with E-state index in [1.165, 1.54) is 11.1 Å². The Bertz CT molecular complexity index is 680. The minimum absolute atomic E-state index is 0.0258. The molecule has 0 saturated carbocycles. The highest BCUT2D eigenvalue weighted by atomic mass is 79.9. The lowest BCUT2D eigenvalue weighted by Crippen LogP contribution is -2.35. The molecule has 116 valence electrons. The minimum atomic E-state index is -0.0681. The summed E-state index contributed by atoms with van der Waals surface area (Å²) < 4.78 is 1.12. The first-order valence-electron chi connectivity index (χ1n) is 7.36. The molecule has 0 radical (unpaired) electrons. The summed E-state index contributed by atoms with van der Waals surface area (Å²) >= 11 is 5.06. The van der Waals surface area contributed by atoms with Gasteiger partial charge >= 0.3 is 0 Å². The number of aromatic nitrogens is 1. The van der Waals surface area contributed by atoms with Crippen LogP contribution in [0.3, 0.4) is 0 Å². The second kappa shape index (κ2) is 6.89. The van der Waals surface area contributed by atoms with E-state index in [0.29, 0.717) is 5.13 Å². The average Bonchev–Trinajstić information content (AvgIpc) is 3.15. The molecule has 0 aliphatic carbocycles. The molecule has 6 heteroatoms. The van der Waals surface area contributed by atoms with Crippen LogP contribution in [0, 0.1) is 6.92 Å². The minimum Gasteiger partial charge on any atom is -0.306 e. The van der Waals surface area contributed by atoms with Gasteiger partial charge in [0.15, 0.2) is 5.13 Å². The fourth-order valence-corrected chi connectivity index (χ4v) is 3.66. The molecule has 1 aromatic heterocycles.